The van der Waals surface area contributed by atoms with Gasteiger partial charge in [0.15, 0.2) is 17.1 Å². The number of aromatic nitrogens is 6. The Morgan fingerprint density at radius 2 is 1.73 bits per heavy atom. The quantitative estimate of drug-likeness (QED) is 0.241. The maximum Gasteiger partial charge on any atom is 0.232 e. The van der Waals surface area contributed by atoms with Crippen molar-refractivity contribution in [2.45, 2.75) is 13.0 Å². The number of benzene rings is 1. The van der Waals surface area contributed by atoms with Crippen molar-refractivity contribution in [2.24, 2.45) is 0 Å². The van der Waals surface area contributed by atoms with E-state index in [1.165, 1.54) is 32.5 Å². The molecular weight excluding hydrogens is 541 g/mol. The lowest BCUT2D eigenvalue weighted by Gasteiger charge is -2.17. The molecule has 2 atom stereocenters. The molecule has 12 nitrogen and oxygen atoms in total. The Kier molecular flexibility index (Phi) is 7.91. The van der Waals surface area contributed by atoms with Gasteiger partial charge in [-0.3, -0.25) is 14.1 Å². The van der Waals surface area contributed by atoms with Gasteiger partial charge in [0.2, 0.25) is 17.1 Å². The van der Waals surface area contributed by atoms with Crippen LogP contribution in [0.4, 0.5) is 4.39 Å². The number of rotatable bonds is 10. The molecule has 0 aliphatic carbocycles. The Bertz CT molecular complexity index is 1660. The Balaban J connectivity index is 1.80. The van der Waals surface area contributed by atoms with Gasteiger partial charge in [0.25, 0.3) is 0 Å². The first-order valence-electron chi connectivity index (χ1n) is 12.0. The summed E-state index contributed by atoms with van der Waals surface area (Å²) < 4.78 is 56.1. The van der Waals surface area contributed by atoms with Gasteiger partial charge in [0, 0.05) is 6.07 Å². The van der Waals surface area contributed by atoms with E-state index in [1.807, 2.05) is 6.92 Å². The zero-order valence-corrected chi connectivity index (χ0v) is 22.4. The molecule has 0 saturated carbocycles. The Morgan fingerprint density at radius 1 is 0.975 bits per heavy atom. The van der Waals surface area contributed by atoms with Gasteiger partial charge < -0.3 is 14.2 Å². The van der Waals surface area contributed by atoms with Crippen LogP contribution in [0.1, 0.15) is 24.4 Å². The van der Waals surface area contributed by atoms with Crippen LogP contribution < -0.4 is 18.9 Å². The summed E-state index contributed by atoms with van der Waals surface area (Å²) in [5.74, 6) is 1.14. The monoisotopic (exact) mass is 565 g/mol. The maximum absolute atomic E-state index is 13.6. The van der Waals surface area contributed by atoms with Crippen molar-refractivity contribution in [3.8, 4) is 34.6 Å². The molecule has 2 unspecified atom stereocenters. The average Bonchev–Trinajstić information content (AvgIpc) is 3.34. The minimum absolute atomic E-state index is 0.228. The highest BCUT2D eigenvalue weighted by atomic mass is 32.2. The van der Waals surface area contributed by atoms with E-state index in [1.54, 1.807) is 41.0 Å². The van der Waals surface area contributed by atoms with Crippen molar-refractivity contribution < 1.29 is 27.4 Å². The summed E-state index contributed by atoms with van der Waals surface area (Å²) >= 11 is -2.45. The van der Waals surface area contributed by atoms with Crippen molar-refractivity contribution in [3.05, 3.63) is 78.1 Å². The van der Waals surface area contributed by atoms with Crippen molar-refractivity contribution in [3.63, 3.8) is 0 Å². The van der Waals surface area contributed by atoms with Gasteiger partial charge in [-0.15, -0.1) is 0 Å². The van der Waals surface area contributed by atoms with E-state index in [0.29, 0.717) is 41.2 Å². The molecule has 0 radical (unpaired) electrons. The van der Waals surface area contributed by atoms with Crippen LogP contribution in [0.2, 0.25) is 0 Å². The van der Waals surface area contributed by atoms with Crippen LogP contribution in [0, 0.1) is 5.82 Å². The molecule has 2 N–H and O–H groups in total. The number of fused-ring (bicyclic) bond motifs is 1. The smallest absolute Gasteiger partial charge is 0.232 e. The summed E-state index contributed by atoms with van der Waals surface area (Å²) in [6, 6.07) is 12.2. The molecule has 1 aromatic carbocycles. The van der Waals surface area contributed by atoms with Gasteiger partial charge in [-0.2, -0.15) is 4.72 Å². The standard InChI is InChI=1S/C26H24FN7O5S/c1-4-39-21-10-5-7-17(30-21)25-32-24-26(34(25)23-19(37-2)8-6-9-20(23)38-3)31-18(14-29-24)22(33-40(35)36)16-12-11-15(27)13-28-16/h5-14,22,33H,4H2,1-3H3,(H,35,36). The number of halogens is 1. The first-order valence-corrected chi connectivity index (χ1v) is 13.1. The zero-order valence-electron chi connectivity index (χ0n) is 21.6. The second kappa shape index (κ2) is 11.7. The number of methoxy groups -OCH3 is 2. The number of para-hydroxylation sites is 1. The van der Waals surface area contributed by atoms with E-state index in [0.717, 1.165) is 6.20 Å². The lowest BCUT2D eigenvalue weighted by molar-refractivity contribution is 0.327. The molecule has 0 amide bonds. The highest BCUT2D eigenvalue weighted by Crippen LogP contribution is 2.38. The molecule has 206 valence electrons. The molecule has 0 aliphatic rings. The van der Waals surface area contributed by atoms with Gasteiger partial charge in [-0.1, -0.05) is 12.1 Å². The fourth-order valence-electron chi connectivity index (χ4n) is 4.14. The second-order valence-corrected chi connectivity index (χ2v) is 8.95. The lowest BCUT2D eigenvalue weighted by Crippen LogP contribution is -2.26. The van der Waals surface area contributed by atoms with Gasteiger partial charge in [0.1, 0.15) is 34.7 Å². The SMILES string of the molecule is CCOc1cccc(-c2nc3ncc(C(NS(=O)O)c4ccc(F)cn4)nc3n2-c2c(OC)cccc2OC)n1. The fourth-order valence-corrected chi connectivity index (χ4v) is 4.58. The minimum Gasteiger partial charge on any atom is -0.494 e. The van der Waals surface area contributed by atoms with Crippen LogP contribution in [0.25, 0.3) is 28.5 Å². The number of ether oxygens (including phenoxy) is 3. The summed E-state index contributed by atoms with van der Waals surface area (Å²) in [5, 5.41) is 0. The summed E-state index contributed by atoms with van der Waals surface area (Å²) in [6.45, 7) is 2.29. The average molecular weight is 566 g/mol. The number of pyridine rings is 2. The molecule has 0 fully saturated rings. The van der Waals surface area contributed by atoms with E-state index < -0.39 is 23.1 Å². The van der Waals surface area contributed by atoms with Crippen LogP contribution >= 0.6 is 0 Å². The second-order valence-electron chi connectivity index (χ2n) is 8.22. The molecule has 5 rings (SSSR count). The minimum atomic E-state index is -2.45. The number of imidazole rings is 1. The first-order chi connectivity index (χ1) is 19.4. The van der Waals surface area contributed by atoms with Crippen molar-refractivity contribution in [1.82, 2.24) is 34.2 Å². The van der Waals surface area contributed by atoms with E-state index in [4.69, 9.17) is 24.2 Å². The Labute approximate surface area is 230 Å². The Morgan fingerprint density at radius 3 is 2.38 bits per heavy atom. The third-order valence-electron chi connectivity index (χ3n) is 5.82. The van der Waals surface area contributed by atoms with E-state index in [2.05, 4.69) is 19.7 Å². The predicted octanol–water partition coefficient (Wildman–Crippen LogP) is 3.64. The highest BCUT2D eigenvalue weighted by molar-refractivity contribution is 7.77. The van der Waals surface area contributed by atoms with Crippen molar-refractivity contribution in [1.29, 1.82) is 0 Å². The molecule has 0 aliphatic heterocycles. The van der Waals surface area contributed by atoms with Gasteiger partial charge in [-0.25, -0.2) is 28.5 Å². The van der Waals surface area contributed by atoms with Gasteiger partial charge in [-0.05, 0) is 37.3 Å². The van der Waals surface area contributed by atoms with Crippen LogP contribution in [0.3, 0.4) is 0 Å². The molecule has 0 spiro atoms. The Hall–Kier alpha value is -4.53. The van der Waals surface area contributed by atoms with Crippen LogP contribution in [-0.2, 0) is 11.3 Å². The molecule has 14 heteroatoms. The highest BCUT2D eigenvalue weighted by Gasteiger charge is 2.26. The first kappa shape index (κ1) is 27.1. The molecule has 4 aromatic heterocycles. The van der Waals surface area contributed by atoms with E-state index >= 15 is 0 Å². The largest absolute Gasteiger partial charge is 0.494 e. The van der Waals surface area contributed by atoms with E-state index in [-0.39, 0.29) is 22.7 Å². The summed E-state index contributed by atoms with van der Waals surface area (Å²) in [5.41, 5.74) is 1.96. The molecule has 0 saturated heterocycles. The van der Waals surface area contributed by atoms with Gasteiger partial charge >= 0.3 is 0 Å². The topological polar surface area (TPSA) is 146 Å². The number of nitrogens with one attached hydrogen (secondary N) is 1. The van der Waals surface area contributed by atoms with Gasteiger partial charge in [0.05, 0.1) is 44.6 Å². The summed E-state index contributed by atoms with van der Waals surface area (Å²) in [4.78, 5) is 22.7. The fraction of sp³-hybridized carbons (Fsp3) is 0.192. The number of hydrogen-bond acceptors (Lipinski definition) is 9. The molecule has 5 aromatic rings. The summed E-state index contributed by atoms with van der Waals surface area (Å²) in [6.07, 6.45) is 2.41. The third-order valence-corrected chi connectivity index (χ3v) is 6.26. The zero-order chi connectivity index (χ0) is 28.2. The molecular formula is C26H24FN7O5S. The predicted molar refractivity (Wildman–Crippen MR) is 144 cm³/mol. The third kappa shape index (κ3) is 5.32. The van der Waals surface area contributed by atoms with Crippen LogP contribution in [-0.4, -0.2) is 59.1 Å². The summed E-state index contributed by atoms with van der Waals surface area (Å²) in [7, 11) is 3.05. The normalized spacial score (nSPS) is 12.7. The van der Waals surface area contributed by atoms with Crippen LogP contribution in [0.5, 0.6) is 17.4 Å². The number of nitrogens with zero attached hydrogens (tertiary/aromatic N) is 6. The maximum atomic E-state index is 13.6. The van der Waals surface area contributed by atoms with Crippen molar-refractivity contribution in [2.75, 3.05) is 20.8 Å². The lowest BCUT2D eigenvalue weighted by atomic mass is 10.1. The molecule has 4 heterocycles. The number of hydrogen-bond donors (Lipinski definition) is 2. The van der Waals surface area contributed by atoms with Crippen molar-refractivity contribution >= 4 is 22.6 Å². The van der Waals surface area contributed by atoms with Crippen LogP contribution in [0.15, 0.2) is 60.9 Å². The molecule has 0 bridgehead atoms. The molecule has 40 heavy (non-hydrogen) atoms. The van der Waals surface area contributed by atoms with E-state index in [9.17, 15) is 13.2 Å².